The molecule has 0 atom stereocenters. The second-order valence-electron chi connectivity index (χ2n) is 2.76. The predicted octanol–water partition coefficient (Wildman–Crippen LogP) is 0.973. The maximum atomic E-state index is 11.4. The first-order valence-corrected chi connectivity index (χ1v) is 4.23. The number of primary amides is 1. The first-order valence-electron chi connectivity index (χ1n) is 4.23. The van der Waals surface area contributed by atoms with Crippen molar-refractivity contribution in [1.29, 1.82) is 0 Å². The molecule has 0 heterocycles. The second-order valence-corrected chi connectivity index (χ2v) is 2.76. The molecule has 1 aromatic carbocycles. The van der Waals surface area contributed by atoms with Crippen molar-refractivity contribution in [2.45, 2.75) is 0 Å². The zero-order valence-corrected chi connectivity index (χ0v) is 8.23. The fraction of sp³-hybridized carbons (Fsp3) is 0.200. The van der Waals surface area contributed by atoms with Gasteiger partial charge in [0.05, 0.1) is 7.11 Å². The van der Waals surface area contributed by atoms with E-state index in [1.54, 1.807) is 24.3 Å². The Kier molecular flexibility index (Phi) is 3.68. The minimum Gasteiger partial charge on any atom is -0.497 e. The van der Waals surface area contributed by atoms with Gasteiger partial charge in [0.15, 0.2) is 12.4 Å². The fourth-order valence-corrected chi connectivity index (χ4v) is 0.997. The summed E-state index contributed by atoms with van der Waals surface area (Å²) in [4.78, 5) is 21.6. The van der Waals surface area contributed by atoms with E-state index in [4.69, 9.17) is 10.5 Å². The van der Waals surface area contributed by atoms with E-state index in [9.17, 15) is 9.59 Å². The van der Waals surface area contributed by atoms with Gasteiger partial charge in [0.25, 0.3) is 0 Å². The van der Waals surface area contributed by atoms with E-state index in [0.717, 1.165) is 0 Å². The third-order valence-corrected chi connectivity index (χ3v) is 1.76. The van der Waals surface area contributed by atoms with Gasteiger partial charge in [-0.05, 0) is 24.3 Å². The van der Waals surface area contributed by atoms with Gasteiger partial charge in [-0.15, -0.1) is 0 Å². The smallest absolute Gasteiger partial charge is 0.404 e. The molecule has 0 aliphatic rings. The van der Waals surface area contributed by atoms with Crippen LogP contribution in [0.2, 0.25) is 0 Å². The lowest BCUT2D eigenvalue weighted by Crippen LogP contribution is -2.18. The molecule has 0 aliphatic heterocycles. The Morgan fingerprint density at radius 1 is 1.27 bits per heavy atom. The molecular formula is C10H11NO4. The second kappa shape index (κ2) is 4.99. The first kappa shape index (κ1) is 11.0. The van der Waals surface area contributed by atoms with Crippen LogP contribution in [0.1, 0.15) is 10.4 Å². The first-order chi connectivity index (χ1) is 7.13. The minimum atomic E-state index is -0.961. The van der Waals surface area contributed by atoms with E-state index in [0.29, 0.717) is 11.3 Å². The highest BCUT2D eigenvalue weighted by atomic mass is 16.5. The van der Waals surface area contributed by atoms with Crippen LogP contribution in [0, 0.1) is 0 Å². The van der Waals surface area contributed by atoms with Gasteiger partial charge in [-0.2, -0.15) is 0 Å². The molecule has 15 heavy (non-hydrogen) atoms. The zero-order chi connectivity index (χ0) is 11.3. The third kappa shape index (κ3) is 3.30. The molecule has 80 valence electrons. The molecule has 0 unspecified atom stereocenters. The molecular weight excluding hydrogens is 198 g/mol. The summed E-state index contributed by atoms with van der Waals surface area (Å²) in [5.74, 6) is 0.346. The minimum absolute atomic E-state index is 0.309. The number of ether oxygens (including phenoxy) is 2. The van der Waals surface area contributed by atoms with E-state index in [1.807, 2.05) is 0 Å². The Balaban J connectivity index is 2.62. The Morgan fingerprint density at radius 2 is 1.87 bits per heavy atom. The van der Waals surface area contributed by atoms with E-state index >= 15 is 0 Å². The number of Topliss-reactive ketones (excluding diaryl/α,β-unsaturated/α-hetero) is 1. The van der Waals surface area contributed by atoms with E-state index in [1.165, 1.54) is 7.11 Å². The van der Waals surface area contributed by atoms with Crippen molar-refractivity contribution < 1.29 is 19.1 Å². The van der Waals surface area contributed by atoms with Crippen LogP contribution in [-0.4, -0.2) is 25.6 Å². The molecule has 0 radical (unpaired) electrons. The number of methoxy groups -OCH3 is 1. The normalized spacial score (nSPS) is 9.40. The van der Waals surface area contributed by atoms with Gasteiger partial charge < -0.3 is 15.2 Å². The largest absolute Gasteiger partial charge is 0.497 e. The van der Waals surface area contributed by atoms with Crippen LogP contribution in [0.4, 0.5) is 4.79 Å². The highest BCUT2D eigenvalue weighted by molar-refractivity contribution is 5.97. The Hall–Kier alpha value is -2.04. The lowest BCUT2D eigenvalue weighted by atomic mass is 10.1. The van der Waals surface area contributed by atoms with E-state index in [-0.39, 0.29) is 12.4 Å². The molecule has 1 amide bonds. The number of benzene rings is 1. The monoisotopic (exact) mass is 209 g/mol. The molecule has 0 fully saturated rings. The fourth-order valence-electron chi connectivity index (χ4n) is 0.997. The summed E-state index contributed by atoms with van der Waals surface area (Å²) in [5.41, 5.74) is 5.17. The molecule has 0 aromatic heterocycles. The number of carbonyl (C=O) groups excluding carboxylic acids is 2. The van der Waals surface area contributed by atoms with Crippen LogP contribution in [0.3, 0.4) is 0 Å². The van der Waals surface area contributed by atoms with Crippen LogP contribution in [0.5, 0.6) is 5.75 Å². The van der Waals surface area contributed by atoms with Crippen molar-refractivity contribution in [3.63, 3.8) is 0 Å². The lowest BCUT2D eigenvalue weighted by Gasteiger charge is -2.02. The highest BCUT2D eigenvalue weighted by Gasteiger charge is 2.07. The number of rotatable bonds is 4. The molecule has 0 saturated heterocycles. The number of nitrogens with two attached hydrogens (primary N) is 1. The molecule has 1 rings (SSSR count). The zero-order valence-electron chi connectivity index (χ0n) is 8.23. The van der Waals surface area contributed by atoms with Crippen LogP contribution in [-0.2, 0) is 4.74 Å². The summed E-state index contributed by atoms with van der Waals surface area (Å²) in [6.07, 6.45) is -0.961. The SMILES string of the molecule is COc1ccc(C(=O)COC(N)=O)cc1. The molecule has 0 bridgehead atoms. The van der Waals surface area contributed by atoms with Crippen molar-refractivity contribution in [3.05, 3.63) is 29.8 Å². The number of hydrogen-bond acceptors (Lipinski definition) is 4. The molecule has 2 N–H and O–H groups in total. The van der Waals surface area contributed by atoms with Crippen molar-refractivity contribution in [1.82, 2.24) is 0 Å². The quantitative estimate of drug-likeness (QED) is 0.749. The molecule has 0 aliphatic carbocycles. The Morgan fingerprint density at radius 3 is 2.33 bits per heavy atom. The average Bonchev–Trinajstić information content (AvgIpc) is 2.26. The van der Waals surface area contributed by atoms with E-state index < -0.39 is 6.09 Å². The summed E-state index contributed by atoms with van der Waals surface area (Å²) >= 11 is 0. The summed E-state index contributed by atoms with van der Waals surface area (Å²) in [6, 6.07) is 6.48. The van der Waals surface area contributed by atoms with Crippen molar-refractivity contribution in [2.24, 2.45) is 5.73 Å². The standard InChI is InChI=1S/C10H11NO4/c1-14-8-4-2-7(3-5-8)9(12)6-15-10(11)13/h2-5H,6H2,1H3,(H2,11,13). The van der Waals surface area contributed by atoms with E-state index in [2.05, 4.69) is 4.74 Å². The van der Waals surface area contributed by atoms with Crippen LogP contribution in [0.25, 0.3) is 0 Å². The van der Waals surface area contributed by atoms with Gasteiger partial charge in [-0.3, -0.25) is 4.79 Å². The highest BCUT2D eigenvalue weighted by Crippen LogP contribution is 2.11. The molecule has 5 nitrogen and oxygen atoms in total. The number of hydrogen-bond donors (Lipinski definition) is 1. The number of ketones is 1. The Labute approximate surface area is 86.8 Å². The van der Waals surface area contributed by atoms with Crippen LogP contribution < -0.4 is 10.5 Å². The molecule has 0 saturated carbocycles. The van der Waals surface area contributed by atoms with Crippen molar-refractivity contribution >= 4 is 11.9 Å². The van der Waals surface area contributed by atoms with Crippen LogP contribution in [0.15, 0.2) is 24.3 Å². The van der Waals surface area contributed by atoms with Crippen LogP contribution >= 0.6 is 0 Å². The maximum Gasteiger partial charge on any atom is 0.404 e. The van der Waals surface area contributed by atoms with Gasteiger partial charge in [-0.1, -0.05) is 0 Å². The lowest BCUT2D eigenvalue weighted by molar-refractivity contribution is 0.0857. The number of carbonyl (C=O) groups is 2. The summed E-state index contributed by atoms with van der Waals surface area (Å²) < 4.78 is 9.30. The average molecular weight is 209 g/mol. The third-order valence-electron chi connectivity index (χ3n) is 1.76. The van der Waals surface area contributed by atoms with Gasteiger partial charge in [0.2, 0.25) is 0 Å². The topological polar surface area (TPSA) is 78.6 Å². The molecule has 0 spiro atoms. The Bertz CT molecular complexity index is 358. The predicted molar refractivity (Wildman–Crippen MR) is 52.9 cm³/mol. The van der Waals surface area contributed by atoms with Crippen molar-refractivity contribution in [3.8, 4) is 5.75 Å². The van der Waals surface area contributed by atoms with Gasteiger partial charge in [0.1, 0.15) is 5.75 Å². The maximum absolute atomic E-state index is 11.4. The molecule has 1 aromatic rings. The number of amides is 1. The summed E-state index contributed by atoms with van der Waals surface area (Å²) in [7, 11) is 1.53. The van der Waals surface area contributed by atoms with Gasteiger partial charge in [-0.25, -0.2) is 4.79 Å². The van der Waals surface area contributed by atoms with Gasteiger partial charge in [0, 0.05) is 5.56 Å². The summed E-state index contributed by atoms with van der Waals surface area (Å²) in [6.45, 7) is -0.346. The summed E-state index contributed by atoms with van der Waals surface area (Å²) in [5, 5.41) is 0. The van der Waals surface area contributed by atoms with Gasteiger partial charge >= 0.3 is 6.09 Å². The van der Waals surface area contributed by atoms with Crippen molar-refractivity contribution in [2.75, 3.05) is 13.7 Å². The molecule has 5 heteroatoms.